The van der Waals surface area contributed by atoms with Crippen LogP contribution in [0, 0.1) is 0 Å². The molecule has 3 N–H and O–H groups in total. The number of hydrogen-bond donors (Lipinski definition) is 2. The fraction of sp³-hybridized carbons (Fsp3) is 0. The molecule has 0 aliphatic carbocycles. The Balaban J connectivity index is 1.81. The lowest BCUT2D eigenvalue weighted by Crippen LogP contribution is -1.90. The van der Waals surface area contributed by atoms with Gasteiger partial charge in [0.25, 0.3) is 0 Å². The fourth-order valence-corrected chi connectivity index (χ4v) is 2.37. The molecule has 5 heteroatoms. The van der Waals surface area contributed by atoms with Gasteiger partial charge in [-0.25, -0.2) is 9.97 Å². The zero-order valence-electron chi connectivity index (χ0n) is 11.7. The van der Waals surface area contributed by atoms with E-state index >= 15 is 0 Å². The zero-order valence-corrected chi connectivity index (χ0v) is 11.7. The first-order valence-corrected chi connectivity index (χ1v) is 6.94. The largest absolute Gasteiger partial charge is 0.399 e. The summed E-state index contributed by atoms with van der Waals surface area (Å²) in [5.41, 5.74) is 10.7. The Bertz CT molecular complexity index is 944. The number of nitrogen functional groups attached to an aromatic ring is 1. The van der Waals surface area contributed by atoms with Crippen molar-refractivity contribution in [2.24, 2.45) is 0 Å². The molecule has 0 bridgehead atoms. The van der Waals surface area contributed by atoms with Crippen molar-refractivity contribution in [3.63, 3.8) is 0 Å². The second-order valence-electron chi connectivity index (χ2n) is 4.99. The van der Waals surface area contributed by atoms with E-state index < -0.39 is 0 Å². The van der Waals surface area contributed by atoms with Crippen LogP contribution in [0.1, 0.15) is 0 Å². The minimum atomic E-state index is 0.706. The number of hydrogen-bond acceptors (Lipinski definition) is 4. The van der Waals surface area contributed by atoms with E-state index in [0.29, 0.717) is 5.69 Å². The minimum absolute atomic E-state index is 0.706. The summed E-state index contributed by atoms with van der Waals surface area (Å²) in [5, 5.41) is 0. The lowest BCUT2D eigenvalue weighted by Gasteiger charge is -2.01. The third kappa shape index (κ3) is 2.18. The molecular weight excluding hydrogens is 274 g/mol. The van der Waals surface area contributed by atoms with Gasteiger partial charge in [0, 0.05) is 11.9 Å². The van der Waals surface area contributed by atoms with Crippen molar-refractivity contribution in [2.75, 3.05) is 5.73 Å². The predicted octanol–water partition coefficient (Wildman–Crippen LogP) is 3.27. The van der Waals surface area contributed by atoms with E-state index in [4.69, 9.17) is 5.73 Å². The molecule has 0 radical (unpaired) electrons. The standard InChI is InChI=1S/C17H13N5/c18-11-7-8-14-16(10-11)22-17(21-14)15-6-3-5-13(20-15)12-4-1-2-9-19-12/h1-10H,18H2,(H,21,22). The van der Waals surface area contributed by atoms with Gasteiger partial charge in [0.1, 0.15) is 5.69 Å². The van der Waals surface area contributed by atoms with Crippen LogP contribution in [0.2, 0.25) is 0 Å². The van der Waals surface area contributed by atoms with Crippen LogP contribution >= 0.6 is 0 Å². The van der Waals surface area contributed by atoms with Gasteiger partial charge in [0.2, 0.25) is 0 Å². The maximum absolute atomic E-state index is 5.80. The number of nitrogens with one attached hydrogen (secondary N) is 1. The zero-order chi connectivity index (χ0) is 14.9. The SMILES string of the molecule is Nc1ccc2nc(-c3cccc(-c4ccccn4)n3)[nH]c2c1. The number of nitrogens with zero attached hydrogens (tertiary/aromatic N) is 3. The molecule has 0 aliphatic heterocycles. The molecule has 4 aromatic rings. The van der Waals surface area contributed by atoms with Gasteiger partial charge in [-0.3, -0.25) is 4.98 Å². The van der Waals surface area contributed by atoms with Gasteiger partial charge in [-0.15, -0.1) is 0 Å². The van der Waals surface area contributed by atoms with Gasteiger partial charge in [0.15, 0.2) is 5.82 Å². The summed E-state index contributed by atoms with van der Waals surface area (Å²) < 4.78 is 0. The van der Waals surface area contributed by atoms with E-state index in [0.717, 1.165) is 33.9 Å². The Morgan fingerprint density at radius 3 is 2.55 bits per heavy atom. The topological polar surface area (TPSA) is 80.5 Å². The molecule has 0 fully saturated rings. The first-order valence-electron chi connectivity index (χ1n) is 6.94. The average Bonchev–Trinajstić information content (AvgIpc) is 2.99. The molecule has 0 saturated carbocycles. The quantitative estimate of drug-likeness (QED) is 0.554. The van der Waals surface area contributed by atoms with Crippen LogP contribution in [0.3, 0.4) is 0 Å². The number of benzene rings is 1. The Labute approximate surface area is 126 Å². The van der Waals surface area contributed by atoms with Crippen LogP contribution in [0.15, 0.2) is 60.8 Å². The van der Waals surface area contributed by atoms with Crippen LogP contribution in [-0.4, -0.2) is 19.9 Å². The fourth-order valence-electron chi connectivity index (χ4n) is 2.37. The van der Waals surface area contributed by atoms with Crippen molar-refractivity contribution in [3.05, 3.63) is 60.8 Å². The molecule has 3 heterocycles. The van der Waals surface area contributed by atoms with Crippen LogP contribution in [0.25, 0.3) is 33.9 Å². The van der Waals surface area contributed by atoms with Crippen molar-refractivity contribution in [3.8, 4) is 22.9 Å². The van der Waals surface area contributed by atoms with E-state index in [1.165, 1.54) is 0 Å². The Morgan fingerprint density at radius 2 is 1.68 bits per heavy atom. The van der Waals surface area contributed by atoms with Crippen LogP contribution in [-0.2, 0) is 0 Å². The van der Waals surface area contributed by atoms with E-state index in [9.17, 15) is 0 Å². The van der Waals surface area contributed by atoms with E-state index in [2.05, 4.69) is 19.9 Å². The summed E-state index contributed by atoms with van der Waals surface area (Å²) in [6, 6.07) is 17.2. The molecule has 4 rings (SSSR count). The lowest BCUT2D eigenvalue weighted by molar-refractivity contribution is 1.21. The normalized spacial score (nSPS) is 10.9. The van der Waals surface area contributed by atoms with Gasteiger partial charge >= 0.3 is 0 Å². The van der Waals surface area contributed by atoms with E-state index in [1.54, 1.807) is 6.20 Å². The van der Waals surface area contributed by atoms with Crippen molar-refractivity contribution in [2.45, 2.75) is 0 Å². The van der Waals surface area contributed by atoms with Crippen LogP contribution in [0.4, 0.5) is 5.69 Å². The molecule has 22 heavy (non-hydrogen) atoms. The first-order chi connectivity index (χ1) is 10.8. The first kappa shape index (κ1) is 12.5. The molecule has 0 amide bonds. The molecule has 0 saturated heterocycles. The number of rotatable bonds is 2. The highest BCUT2D eigenvalue weighted by atomic mass is 15.0. The minimum Gasteiger partial charge on any atom is -0.399 e. The molecule has 0 aliphatic rings. The number of aromatic amines is 1. The van der Waals surface area contributed by atoms with Crippen molar-refractivity contribution in [1.82, 2.24) is 19.9 Å². The van der Waals surface area contributed by atoms with Gasteiger partial charge < -0.3 is 10.7 Å². The summed E-state index contributed by atoms with van der Waals surface area (Å²) in [6.45, 7) is 0. The number of pyridine rings is 2. The number of anilines is 1. The highest BCUT2D eigenvalue weighted by molar-refractivity contribution is 5.81. The van der Waals surface area contributed by atoms with Gasteiger partial charge in [-0.2, -0.15) is 0 Å². The molecule has 3 aromatic heterocycles. The Kier molecular flexibility index (Phi) is 2.83. The summed E-state index contributed by atoms with van der Waals surface area (Å²) >= 11 is 0. The highest BCUT2D eigenvalue weighted by Gasteiger charge is 2.08. The van der Waals surface area contributed by atoms with E-state index in [-0.39, 0.29) is 0 Å². The van der Waals surface area contributed by atoms with Crippen molar-refractivity contribution >= 4 is 16.7 Å². The molecule has 0 unspecified atom stereocenters. The molecule has 5 nitrogen and oxygen atoms in total. The summed E-state index contributed by atoms with van der Waals surface area (Å²) in [7, 11) is 0. The Hall–Kier alpha value is -3.21. The third-order valence-corrected chi connectivity index (χ3v) is 3.42. The summed E-state index contributed by atoms with van der Waals surface area (Å²) in [4.78, 5) is 16.8. The van der Waals surface area contributed by atoms with Crippen molar-refractivity contribution < 1.29 is 0 Å². The van der Waals surface area contributed by atoms with Gasteiger partial charge in [0.05, 0.1) is 22.4 Å². The number of fused-ring (bicyclic) bond motifs is 1. The number of nitrogens with two attached hydrogens (primary N) is 1. The maximum atomic E-state index is 5.80. The number of aromatic nitrogens is 4. The summed E-state index contributed by atoms with van der Waals surface area (Å²) in [6.07, 6.45) is 1.76. The third-order valence-electron chi connectivity index (χ3n) is 3.42. The molecule has 0 atom stereocenters. The average molecular weight is 287 g/mol. The molecular formula is C17H13N5. The second kappa shape index (κ2) is 4.96. The second-order valence-corrected chi connectivity index (χ2v) is 4.99. The smallest absolute Gasteiger partial charge is 0.157 e. The maximum Gasteiger partial charge on any atom is 0.157 e. The predicted molar refractivity (Wildman–Crippen MR) is 87.0 cm³/mol. The van der Waals surface area contributed by atoms with Crippen molar-refractivity contribution in [1.29, 1.82) is 0 Å². The van der Waals surface area contributed by atoms with Gasteiger partial charge in [-0.1, -0.05) is 12.1 Å². The van der Waals surface area contributed by atoms with Gasteiger partial charge in [-0.05, 0) is 42.5 Å². The molecule has 1 aromatic carbocycles. The molecule has 0 spiro atoms. The van der Waals surface area contributed by atoms with E-state index in [1.807, 2.05) is 54.6 Å². The van der Waals surface area contributed by atoms with Crippen LogP contribution in [0.5, 0.6) is 0 Å². The number of imidazole rings is 1. The Morgan fingerprint density at radius 1 is 0.818 bits per heavy atom. The monoisotopic (exact) mass is 287 g/mol. The highest BCUT2D eigenvalue weighted by Crippen LogP contribution is 2.23. The lowest BCUT2D eigenvalue weighted by atomic mass is 10.2. The van der Waals surface area contributed by atoms with Crippen LogP contribution < -0.4 is 5.73 Å². The summed E-state index contributed by atoms with van der Waals surface area (Å²) in [5.74, 6) is 0.721. The number of H-pyrrole nitrogens is 1. The molecule has 106 valence electrons.